The van der Waals surface area contributed by atoms with E-state index in [1.54, 1.807) is 7.11 Å². The van der Waals surface area contributed by atoms with E-state index in [4.69, 9.17) is 4.74 Å². The maximum Gasteiger partial charge on any atom is 0.145 e. The van der Waals surface area contributed by atoms with Gasteiger partial charge in [0.1, 0.15) is 11.4 Å². The minimum absolute atomic E-state index is 0.137. The third kappa shape index (κ3) is 2.77. The van der Waals surface area contributed by atoms with Gasteiger partial charge in [0.2, 0.25) is 0 Å². The highest BCUT2D eigenvalue weighted by molar-refractivity contribution is 5.59. The van der Waals surface area contributed by atoms with Gasteiger partial charge in [-0.2, -0.15) is 5.48 Å². The van der Waals surface area contributed by atoms with Crippen LogP contribution in [0.15, 0.2) is 84.9 Å². The SMILES string of the molecule is CC[C@H]1[C@@H](c2ccc(OC)cc2)N(c2ccccc2)C1(NO)c1ccccc1. The number of ether oxygens (including phenoxy) is 1. The molecule has 0 bridgehead atoms. The standard InChI is InChI=1S/C24H26N2O2/c1-3-22-23(18-14-16-21(28-2)17-15-18)26(20-12-8-5-9-13-20)24(22,25-27)19-10-6-4-7-11-19/h4-17,22-23,25,27H,3H2,1-2H3/t22-,23+,24?/m0/s1. The van der Waals surface area contributed by atoms with Crippen molar-refractivity contribution in [3.05, 3.63) is 96.1 Å². The van der Waals surface area contributed by atoms with E-state index < -0.39 is 5.66 Å². The highest BCUT2D eigenvalue weighted by Crippen LogP contribution is 2.58. The minimum atomic E-state index is -0.679. The number of anilines is 1. The molecule has 0 aromatic heterocycles. The molecular formula is C24H26N2O2. The summed E-state index contributed by atoms with van der Waals surface area (Å²) in [6, 6.07) is 28.8. The maximum absolute atomic E-state index is 10.5. The molecule has 144 valence electrons. The van der Waals surface area contributed by atoms with Gasteiger partial charge in [0.15, 0.2) is 0 Å². The van der Waals surface area contributed by atoms with Crippen LogP contribution < -0.4 is 15.1 Å². The third-order valence-electron chi connectivity index (χ3n) is 5.89. The summed E-state index contributed by atoms with van der Waals surface area (Å²) in [7, 11) is 1.68. The molecule has 0 aliphatic carbocycles. The molecule has 0 saturated carbocycles. The van der Waals surface area contributed by atoms with Crippen molar-refractivity contribution >= 4 is 5.69 Å². The number of para-hydroxylation sites is 1. The smallest absolute Gasteiger partial charge is 0.145 e. The Morgan fingerprint density at radius 2 is 1.54 bits per heavy atom. The average molecular weight is 374 g/mol. The highest BCUT2D eigenvalue weighted by Gasteiger charge is 2.61. The van der Waals surface area contributed by atoms with E-state index in [0.717, 1.165) is 23.4 Å². The normalized spacial score (nSPS) is 23.9. The van der Waals surface area contributed by atoms with Gasteiger partial charge in [0, 0.05) is 11.6 Å². The second-order valence-corrected chi connectivity index (χ2v) is 7.18. The Morgan fingerprint density at radius 1 is 0.929 bits per heavy atom. The Hall–Kier alpha value is -2.82. The first-order valence-corrected chi connectivity index (χ1v) is 9.71. The summed E-state index contributed by atoms with van der Waals surface area (Å²) < 4.78 is 5.33. The molecule has 1 heterocycles. The molecule has 0 spiro atoms. The van der Waals surface area contributed by atoms with E-state index in [-0.39, 0.29) is 12.0 Å². The second-order valence-electron chi connectivity index (χ2n) is 7.18. The molecule has 1 aliphatic heterocycles. The lowest BCUT2D eigenvalue weighted by Crippen LogP contribution is -2.72. The second kappa shape index (κ2) is 7.66. The Bertz CT molecular complexity index is 899. The van der Waals surface area contributed by atoms with Crippen molar-refractivity contribution in [2.24, 2.45) is 5.92 Å². The fraction of sp³-hybridized carbons (Fsp3) is 0.250. The van der Waals surface area contributed by atoms with Crippen LogP contribution in [0.4, 0.5) is 5.69 Å². The summed E-state index contributed by atoms with van der Waals surface area (Å²) in [5.41, 5.74) is 5.35. The molecule has 0 amide bonds. The van der Waals surface area contributed by atoms with Crippen molar-refractivity contribution in [2.75, 3.05) is 12.0 Å². The van der Waals surface area contributed by atoms with Crippen LogP contribution in [0.1, 0.15) is 30.5 Å². The van der Waals surface area contributed by atoms with Gasteiger partial charge in [-0.15, -0.1) is 0 Å². The van der Waals surface area contributed by atoms with Gasteiger partial charge in [-0.05, 0) is 41.8 Å². The summed E-state index contributed by atoms with van der Waals surface area (Å²) in [4.78, 5) is 2.29. The van der Waals surface area contributed by atoms with Gasteiger partial charge >= 0.3 is 0 Å². The number of methoxy groups -OCH3 is 1. The largest absolute Gasteiger partial charge is 0.497 e. The van der Waals surface area contributed by atoms with Gasteiger partial charge in [-0.25, -0.2) is 0 Å². The van der Waals surface area contributed by atoms with Crippen molar-refractivity contribution in [2.45, 2.75) is 25.0 Å². The van der Waals surface area contributed by atoms with E-state index >= 15 is 0 Å². The van der Waals surface area contributed by atoms with Crippen LogP contribution in [-0.4, -0.2) is 12.3 Å². The van der Waals surface area contributed by atoms with Crippen molar-refractivity contribution in [3.63, 3.8) is 0 Å². The molecule has 4 rings (SSSR count). The fourth-order valence-corrected chi connectivity index (χ4v) is 4.63. The Morgan fingerprint density at radius 3 is 2.07 bits per heavy atom. The predicted octanol–water partition coefficient (Wildman–Crippen LogP) is 5.11. The topological polar surface area (TPSA) is 44.7 Å². The van der Waals surface area contributed by atoms with Crippen LogP contribution in [0.5, 0.6) is 5.75 Å². The minimum Gasteiger partial charge on any atom is -0.497 e. The molecule has 0 radical (unpaired) electrons. The van der Waals surface area contributed by atoms with Gasteiger partial charge in [0.25, 0.3) is 0 Å². The van der Waals surface area contributed by atoms with Crippen LogP contribution >= 0.6 is 0 Å². The average Bonchev–Trinajstić information content (AvgIpc) is 2.76. The number of benzene rings is 3. The maximum atomic E-state index is 10.5. The lowest BCUT2D eigenvalue weighted by molar-refractivity contribution is -0.0572. The van der Waals surface area contributed by atoms with Gasteiger partial charge < -0.3 is 14.8 Å². The van der Waals surface area contributed by atoms with Crippen LogP contribution in [-0.2, 0) is 5.66 Å². The third-order valence-corrected chi connectivity index (χ3v) is 5.89. The molecule has 3 aromatic carbocycles. The summed E-state index contributed by atoms with van der Waals surface area (Å²) in [5.74, 6) is 1.03. The zero-order valence-corrected chi connectivity index (χ0v) is 16.2. The number of hydrogen-bond acceptors (Lipinski definition) is 4. The molecular weight excluding hydrogens is 348 g/mol. The monoisotopic (exact) mass is 374 g/mol. The van der Waals surface area contributed by atoms with Crippen LogP contribution in [0.3, 0.4) is 0 Å². The summed E-state index contributed by atoms with van der Waals surface area (Å²) >= 11 is 0. The van der Waals surface area contributed by atoms with Crippen molar-refractivity contribution in [1.29, 1.82) is 0 Å². The van der Waals surface area contributed by atoms with E-state index in [2.05, 4.69) is 53.7 Å². The van der Waals surface area contributed by atoms with Crippen LogP contribution in [0.2, 0.25) is 0 Å². The Labute approximate surface area is 166 Å². The van der Waals surface area contributed by atoms with Gasteiger partial charge in [0.05, 0.1) is 13.2 Å². The number of hydrogen-bond donors (Lipinski definition) is 2. The molecule has 1 saturated heterocycles. The highest BCUT2D eigenvalue weighted by atomic mass is 16.5. The Balaban J connectivity index is 1.86. The van der Waals surface area contributed by atoms with Crippen LogP contribution in [0, 0.1) is 5.92 Å². The molecule has 1 unspecified atom stereocenters. The first-order valence-electron chi connectivity index (χ1n) is 9.71. The molecule has 28 heavy (non-hydrogen) atoms. The number of rotatable bonds is 6. The van der Waals surface area contributed by atoms with Gasteiger partial charge in [-0.3, -0.25) is 0 Å². The Kier molecular flexibility index (Phi) is 5.07. The first-order chi connectivity index (χ1) is 13.8. The van der Waals surface area contributed by atoms with Crippen LogP contribution in [0.25, 0.3) is 0 Å². The van der Waals surface area contributed by atoms with E-state index in [9.17, 15) is 5.21 Å². The zero-order chi connectivity index (χ0) is 19.6. The van der Waals surface area contributed by atoms with Gasteiger partial charge in [-0.1, -0.05) is 67.6 Å². The number of nitrogens with zero attached hydrogens (tertiary/aromatic N) is 1. The number of nitrogens with one attached hydrogen (secondary N) is 1. The van der Waals surface area contributed by atoms with E-state index in [1.807, 2.05) is 48.5 Å². The quantitative estimate of drug-likeness (QED) is 0.588. The molecule has 4 nitrogen and oxygen atoms in total. The first kappa shape index (κ1) is 18.5. The summed E-state index contributed by atoms with van der Waals surface area (Å²) in [5, 5.41) is 10.5. The van der Waals surface area contributed by atoms with E-state index in [1.165, 1.54) is 5.56 Å². The summed E-state index contributed by atoms with van der Waals surface area (Å²) in [6.07, 6.45) is 0.919. The molecule has 3 atom stereocenters. The molecule has 2 N–H and O–H groups in total. The number of hydroxylamine groups is 1. The lowest BCUT2D eigenvalue weighted by atomic mass is 9.66. The van der Waals surface area contributed by atoms with Crippen molar-refractivity contribution in [3.8, 4) is 5.75 Å². The van der Waals surface area contributed by atoms with E-state index in [0.29, 0.717) is 0 Å². The zero-order valence-electron chi connectivity index (χ0n) is 16.2. The molecule has 1 aliphatic rings. The molecule has 4 heteroatoms. The van der Waals surface area contributed by atoms with Crippen molar-refractivity contribution in [1.82, 2.24) is 5.48 Å². The van der Waals surface area contributed by atoms with Crippen molar-refractivity contribution < 1.29 is 9.94 Å². The summed E-state index contributed by atoms with van der Waals surface area (Å²) in [6.45, 7) is 2.18. The molecule has 3 aromatic rings. The predicted molar refractivity (Wildman–Crippen MR) is 111 cm³/mol. The molecule has 1 fully saturated rings. The fourth-order valence-electron chi connectivity index (χ4n) is 4.63. The lowest BCUT2D eigenvalue weighted by Gasteiger charge is -2.64.